The number of nitrogens with one attached hydrogen (secondary N) is 1. The third kappa shape index (κ3) is 2.34. The van der Waals surface area contributed by atoms with Crippen LogP contribution in [0.3, 0.4) is 0 Å². The molecule has 0 bridgehead atoms. The fourth-order valence-corrected chi connectivity index (χ4v) is 3.01. The molecule has 1 fully saturated rings. The minimum atomic E-state index is -0.277. The lowest BCUT2D eigenvalue weighted by atomic mass is 10.2. The van der Waals surface area contributed by atoms with Crippen molar-refractivity contribution < 1.29 is 9.59 Å². The lowest BCUT2D eigenvalue weighted by Crippen LogP contribution is -2.56. The van der Waals surface area contributed by atoms with Gasteiger partial charge in [0.15, 0.2) is 0 Å². The summed E-state index contributed by atoms with van der Waals surface area (Å²) in [5, 5.41) is 2.86. The largest absolute Gasteiger partial charge is 0.298 e. The van der Waals surface area contributed by atoms with E-state index in [9.17, 15) is 9.59 Å². The zero-order valence-electron chi connectivity index (χ0n) is 8.70. The molecular weight excluding hydrogens is 292 g/mol. The second kappa shape index (κ2) is 4.65. The summed E-state index contributed by atoms with van der Waals surface area (Å²) >= 11 is 4.89. The Bertz CT molecular complexity index is 432. The van der Waals surface area contributed by atoms with Crippen molar-refractivity contribution in [1.29, 1.82) is 0 Å². The number of piperazine rings is 1. The Kier molecular flexibility index (Phi) is 3.41. The average molecular weight is 303 g/mol. The van der Waals surface area contributed by atoms with Crippen molar-refractivity contribution in [3.63, 3.8) is 0 Å². The van der Waals surface area contributed by atoms with E-state index in [1.54, 1.807) is 6.92 Å². The number of carbonyl (C=O) groups excluding carboxylic acids is 2. The van der Waals surface area contributed by atoms with Gasteiger partial charge < -0.3 is 0 Å². The molecule has 1 atom stereocenters. The number of amides is 2. The number of rotatable bonds is 2. The smallest absolute Gasteiger partial charge is 0.246 e. The van der Waals surface area contributed by atoms with Gasteiger partial charge >= 0.3 is 0 Å². The van der Waals surface area contributed by atoms with Crippen molar-refractivity contribution in [2.45, 2.75) is 19.5 Å². The van der Waals surface area contributed by atoms with E-state index in [0.717, 1.165) is 8.66 Å². The number of thiophene rings is 1. The minimum Gasteiger partial charge on any atom is -0.298 e. The van der Waals surface area contributed by atoms with Gasteiger partial charge in [-0.2, -0.15) is 0 Å². The molecule has 0 saturated carbocycles. The Labute approximate surface area is 106 Å². The van der Waals surface area contributed by atoms with Crippen LogP contribution in [-0.4, -0.2) is 29.3 Å². The maximum Gasteiger partial charge on any atom is 0.246 e. The van der Waals surface area contributed by atoms with Gasteiger partial charge in [-0.25, -0.2) is 0 Å². The molecule has 1 aliphatic heterocycles. The molecule has 0 aliphatic carbocycles. The van der Waals surface area contributed by atoms with E-state index in [2.05, 4.69) is 21.2 Å². The highest BCUT2D eigenvalue weighted by atomic mass is 79.9. The van der Waals surface area contributed by atoms with Crippen LogP contribution < -0.4 is 5.32 Å². The van der Waals surface area contributed by atoms with Gasteiger partial charge in [-0.1, -0.05) is 0 Å². The number of hydrogen-bond acceptors (Lipinski definition) is 4. The zero-order chi connectivity index (χ0) is 11.7. The molecule has 86 valence electrons. The van der Waals surface area contributed by atoms with Crippen LogP contribution in [0, 0.1) is 0 Å². The summed E-state index contributed by atoms with van der Waals surface area (Å²) in [6.07, 6.45) is 0. The van der Waals surface area contributed by atoms with Crippen molar-refractivity contribution in [1.82, 2.24) is 10.2 Å². The Morgan fingerprint density at radius 2 is 2.31 bits per heavy atom. The van der Waals surface area contributed by atoms with Gasteiger partial charge in [-0.15, -0.1) is 11.3 Å². The molecular formula is C10H11BrN2O2S. The molecule has 1 aliphatic rings. The standard InChI is InChI=1S/C10H11BrN2O2S/c1-6-10(15)13(9(14)4-12-6)5-7-2-3-8(11)16-7/h2-3,6,12H,4-5H2,1H3. The van der Waals surface area contributed by atoms with Gasteiger partial charge in [0.1, 0.15) is 0 Å². The van der Waals surface area contributed by atoms with Gasteiger partial charge in [0.25, 0.3) is 0 Å². The predicted molar refractivity (Wildman–Crippen MR) is 65.0 cm³/mol. The molecule has 1 N–H and O–H groups in total. The third-order valence-electron chi connectivity index (χ3n) is 2.44. The quantitative estimate of drug-likeness (QED) is 0.839. The third-order valence-corrected chi connectivity index (χ3v) is 4.05. The Morgan fingerprint density at radius 3 is 2.94 bits per heavy atom. The lowest BCUT2D eigenvalue weighted by Gasteiger charge is -2.29. The molecule has 2 rings (SSSR count). The molecule has 16 heavy (non-hydrogen) atoms. The summed E-state index contributed by atoms with van der Waals surface area (Å²) < 4.78 is 1.01. The second-order valence-electron chi connectivity index (χ2n) is 3.63. The molecule has 0 spiro atoms. The topological polar surface area (TPSA) is 49.4 Å². The van der Waals surface area contributed by atoms with Gasteiger partial charge in [0.05, 0.1) is 22.9 Å². The first-order valence-corrected chi connectivity index (χ1v) is 6.50. The molecule has 0 aromatic carbocycles. The summed E-state index contributed by atoms with van der Waals surface area (Å²) in [6, 6.07) is 3.56. The first kappa shape index (κ1) is 11.8. The molecule has 0 radical (unpaired) electrons. The highest BCUT2D eigenvalue weighted by molar-refractivity contribution is 9.11. The number of halogens is 1. The van der Waals surface area contributed by atoms with E-state index in [1.165, 1.54) is 16.2 Å². The molecule has 1 aromatic heterocycles. The van der Waals surface area contributed by atoms with E-state index in [-0.39, 0.29) is 24.4 Å². The fraction of sp³-hybridized carbons (Fsp3) is 0.400. The molecule has 2 amide bonds. The van der Waals surface area contributed by atoms with E-state index in [1.807, 2.05) is 12.1 Å². The second-order valence-corrected chi connectivity index (χ2v) is 6.17. The molecule has 1 aromatic rings. The van der Waals surface area contributed by atoms with Gasteiger partial charge in [-0.3, -0.25) is 19.8 Å². The van der Waals surface area contributed by atoms with Crippen molar-refractivity contribution in [2.24, 2.45) is 0 Å². The highest BCUT2D eigenvalue weighted by Crippen LogP contribution is 2.23. The van der Waals surface area contributed by atoms with Crippen LogP contribution in [0.2, 0.25) is 0 Å². The van der Waals surface area contributed by atoms with Gasteiger partial charge in [0, 0.05) is 4.88 Å². The van der Waals surface area contributed by atoms with E-state index >= 15 is 0 Å². The summed E-state index contributed by atoms with van der Waals surface area (Å²) in [5.41, 5.74) is 0. The maximum absolute atomic E-state index is 11.8. The van der Waals surface area contributed by atoms with E-state index in [0.29, 0.717) is 6.54 Å². The summed E-state index contributed by atoms with van der Waals surface area (Å²) in [5.74, 6) is -0.312. The van der Waals surface area contributed by atoms with Crippen LogP contribution in [0.5, 0.6) is 0 Å². The zero-order valence-corrected chi connectivity index (χ0v) is 11.1. The first-order chi connectivity index (χ1) is 7.58. The van der Waals surface area contributed by atoms with Crippen molar-refractivity contribution in [3.8, 4) is 0 Å². The molecule has 4 nitrogen and oxygen atoms in total. The van der Waals surface area contributed by atoms with Crippen LogP contribution in [0.4, 0.5) is 0 Å². The molecule has 2 heterocycles. The predicted octanol–water partition coefficient (Wildman–Crippen LogP) is 1.36. The lowest BCUT2D eigenvalue weighted by molar-refractivity contribution is -0.149. The summed E-state index contributed by atoms with van der Waals surface area (Å²) in [4.78, 5) is 25.7. The SMILES string of the molecule is CC1NCC(=O)N(Cc2ccc(Br)s2)C1=O. The normalized spacial score (nSPS) is 21.6. The number of carbonyl (C=O) groups is 2. The van der Waals surface area contributed by atoms with Crippen molar-refractivity contribution >= 4 is 39.1 Å². The average Bonchev–Trinajstić information content (AvgIpc) is 2.65. The van der Waals surface area contributed by atoms with Crippen molar-refractivity contribution in [3.05, 3.63) is 20.8 Å². The summed E-state index contributed by atoms with van der Waals surface area (Å²) in [7, 11) is 0. The van der Waals surface area contributed by atoms with Crippen LogP contribution in [0.1, 0.15) is 11.8 Å². The molecule has 1 saturated heterocycles. The Balaban J connectivity index is 2.13. The first-order valence-electron chi connectivity index (χ1n) is 4.89. The monoisotopic (exact) mass is 302 g/mol. The van der Waals surface area contributed by atoms with Crippen LogP contribution in [0.25, 0.3) is 0 Å². The van der Waals surface area contributed by atoms with Crippen LogP contribution in [-0.2, 0) is 16.1 Å². The molecule has 1 unspecified atom stereocenters. The fourth-order valence-electron chi connectivity index (χ4n) is 1.54. The number of hydrogen-bond donors (Lipinski definition) is 1. The van der Waals surface area contributed by atoms with Crippen LogP contribution >= 0.6 is 27.3 Å². The van der Waals surface area contributed by atoms with Crippen LogP contribution in [0.15, 0.2) is 15.9 Å². The maximum atomic E-state index is 11.8. The Morgan fingerprint density at radius 1 is 1.56 bits per heavy atom. The molecule has 6 heteroatoms. The van der Waals surface area contributed by atoms with Gasteiger partial charge in [0.2, 0.25) is 11.8 Å². The van der Waals surface area contributed by atoms with E-state index in [4.69, 9.17) is 0 Å². The summed E-state index contributed by atoms with van der Waals surface area (Å²) in [6.45, 7) is 2.38. The van der Waals surface area contributed by atoms with Gasteiger partial charge in [-0.05, 0) is 35.0 Å². The highest BCUT2D eigenvalue weighted by Gasteiger charge is 2.31. The number of nitrogens with zero attached hydrogens (tertiary/aromatic N) is 1. The minimum absolute atomic E-state index is 0.152. The van der Waals surface area contributed by atoms with E-state index < -0.39 is 0 Å². The Hall–Kier alpha value is -0.720. The van der Waals surface area contributed by atoms with Crippen molar-refractivity contribution in [2.75, 3.05) is 6.54 Å². The number of imide groups is 1.